The lowest BCUT2D eigenvalue weighted by Gasteiger charge is -2.33. The number of nitrogens with zero attached hydrogens (tertiary/aromatic N) is 1. The van der Waals surface area contributed by atoms with Crippen LogP contribution in [-0.2, 0) is 4.74 Å². The first-order chi connectivity index (χ1) is 9.15. The largest absolute Gasteiger partial charge is 0.497 e. The summed E-state index contributed by atoms with van der Waals surface area (Å²) in [6.45, 7) is 3.29. The second kappa shape index (κ2) is 5.93. The molecule has 1 saturated heterocycles. The number of carbonyl (C=O) groups is 1. The Hall–Kier alpha value is -1.75. The van der Waals surface area contributed by atoms with Gasteiger partial charge >= 0.3 is 0 Å². The smallest absolute Gasteiger partial charge is 0.256 e. The van der Waals surface area contributed by atoms with Gasteiger partial charge in [0.15, 0.2) is 0 Å². The molecule has 104 valence electrons. The minimum atomic E-state index is -0.196. The van der Waals surface area contributed by atoms with Crippen LogP contribution in [0.1, 0.15) is 23.7 Å². The van der Waals surface area contributed by atoms with E-state index in [1.807, 2.05) is 6.92 Å². The fourth-order valence-electron chi connectivity index (χ4n) is 2.12. The predicted molar refractivity (Wildman–Crippen MR) is 70.6 cm³/mol. The van der Waals surface area contributed by atoms with Gasteiger partial charge < -0.3 is 19.1 Å². The van der Waals surface area contributed by atoms with Crippen molar-refractivity contribution in [1.82, 2.24) is 4.90 Å². The van der Waals surface area contributed by atoms with E-state index in [4.69, 9.17) is 14.2 Å². The quantitative estimate of drug-likeness (QED) is 0.837. The molecule has 1 aliphatic heterocycles. The van der Waals surface area contributed by atoms with Gasteiger partial charge in [0.05, 0.1) is 20.8 Å². The third-order valence-electron chi connectivity index (χ3n) is 3.20. The predicted octanol–water partition coefficient (Wildman–Crippen LogP) is 1.91. The van der Waals surface area contributed by atoms with Crippen molar-refractivity contribution in [2.45, 2.75) is 19.6 Å². The third-order valence-corrected chi connectivity index (χ3v) is 3.20. The molecule has 5 heteroatoms. The van der Waals surface area contributed by atoms with Crippen molar-refractivity contribution in [3.63, 3.8) is 0 Å². The molecule has 1 atom stereocenters. The average molecular weight is 265 g/mol. The number of carbonyl (C=O) groups excluding carboxylic acids is 1. The van der Waals surface area contributed by atoms with E-state index in [0.717, 1.165) is 6.42 Å². The summed E-state index contributed by atoms with van der Waals surface area (Å²) in [6.07, 6.45) is 0.662. The molecule has 1 aromatic carbocycles. The van der Waals surface area contributed by atoms with E-state index >= 15 is 0 Å². The van der Waals surface area contributed by atoms with Gasteiger partial charge in [-0.2, -0.15) is 0 Å². The minimum absolute atomic E-state index is 0.0654. The molecule has 0 aliphatic carbocycles. The Balaban J connectivity index is 2.26. The van der Waals surface area contributed by atoms with Crippen molar-refractivity contribution in [2.75, 3.05) is 27.4 Å². The van der Waals surface area contributed by atoms with Crippen molar-refractivity contribution in [3.8, 4) is 11.5 Å². The highest BCUT2D eigenvalue weighted by atomic mass is 16.5. The molecule has 0 N–H and O–H groups in total. The molecule has 0 saturated carbocycles. The molecule has 1 aliphatic rings. The lowest BCUT2D eigenvalue weighted by Crippen LogP contribution is -2.44. The molecule has 0 aromatic heterocycles. The standard InChI is InChI=1S/C14H19NO4/c1-10-15(5-4-6-19-10)14(16)11-7-12(17-2)9-13(8-11)18-3/h7-10H,4-6H2,1-3H3. The van der Waals surface area contributed by atoms with E-state index in [1.165, 1.54) is 0 Å². The van der Waals surface area contributed by atoms with Gasteiger partial charge in [-0.15, -0.1) is 0 Å². The van der Waals surface area contributed by atoms with Gasteiger partial charge in [0.25, 0.3) is 5.91 Å². The number of benzene rings is 1. The molecular weight excluding hydrogens is 246 g/mol. The van der Waals surface area contributed by atoms with Gasteiger partial charge in [0, 0.05) is 18.2 Å². The number of ether oxygens (including phenoxy) is 3. The molecule has 5 nitrogen and oxygen atoms in total. The highest BCUT2D eigenvalue weighted by Gasteiger charge is 2.25. The molecule has 0 bridgehead atoms. The van der Waals surface area contributed by atoms with Crippen LogP contribution >= 0.6 is 0 Å². The van der Waals surface area contributed by atoms with Gasteiger partial charge in [0.2, 0.25) is 0 Å². The first-order valence-electron chi connectivity index (χ1n) is 6.31. The zero-order chi connectivity index (χ0) is 13.8. The molecule has 1 aromatic rings. The fraction of sp³-hybridized carbons (Fsp3) is 0.500. The Bertz CT molecular complexity index is 439. The monoisotopic (exact) mass is 265 g/mol. The molecular formula is C14H19NO4. The first kappa shape index (κ1) is 13.7. The van der Waals surface area contributed by atoms with Crippen LogP contribution < -0.4 is 9.47 Å². The molecule has 19 heavy (non-hydrogen) atoms. The number of rotatable bonds is 3. The van der Waals surface area contributed by atoms with Gasteiger partial charge in [-0.25, -0.2) is 0 Å². The second-order valence-electron chi connectivity index (χ2n) is 4.42. The van der Waals surface area contributed by atoms with Crippen molar-refractivity contribution in [1.29, 1.82) is 0 Å². The van der Waals surface area contributed by atoms with Gasteiger partial charge in [0.1, 0.15) is 17.7 Å². The summed E-state index contributed by atoms with van der Waals surface area (Å²) in [5.74, 6) is 1.14. The van der Waals surface area contributed by atoms with Crippen molar-refractivity contribution in [2.24, 2.45) is 0 Å². The van der Waals surface area contributed by atoms with E-state index in [-0.39, 0.29) is 12.1 Å². The zero-order valence-corrected chi connectivity index (χ0v) is 11.5. The van der Waals surface area contributed by atoms with Gasteiger partial charge in [-0.3, -0.25) is 4.79 Å². The minimum Gasteiger partial charge on any atom is -0.497 e. The average Bonchev–Trinajstić information content (AvgIpc) is 2.46. The lowest BCUT2D eigenvalue weighted by molar-refractivity contribution is -0.0661. The molecule has 1 heterocycles. The van der Waals surface area contributed by atoms with Crippen LogP contribution in [0.5, 0.6) is 11.5 Å². The van der Waals surface area contributed by atoms with Crippen LogP contribution in [0.25, 0.3) is 0 Å². The zero-order valence-electron chi connectivity index (χ0n) is 11.5. The number of amides is 1. The van der Waals surface area contributed by atoms with Crippen molar-refractivity contribution in [3.05, 3.63) is 23.8 Å². The highest BCUT2D eigenvalue weighted by Crippen LogP contribution is 2.24. The maximum absolute atomic E-state index is 12.5. The Labute approximate surface area is 113 Å². The Kier molecular flexibility index (Phi) is 4.27. The summed E-state index contributed by atoms with van der Waals surface area (Å²) in [5, 5.41) is 0. The summed E-state index contributed by atoms with van der Waals surface area (Å²) in [4.78, 5) is 14.2. The first-order valence-corrected chi connectivity index (χ1v) is 6.31. The summed E-state index contributed by atoms with van der Waals surface area (Å²) >= 11 is 0. The number of hydrogen-bond donors (Lipinski definition) is 0. The van der Waals surface area contributed by atoms with Crippen LogP contribution in [-0.4, -0.2) is 44.4 Å². The molecule has 1 fully saturated rings. The van der Waals surface area contributed by atoms with Crippen molar-refractivity contribution < 1.29 is 19.0 Å². The Morgan fingerprint density at radius 2 is 1.89 bits per heavy atom. The SMILES string of the molecule is COc1cc(OC)cc(C(=O)N2CCCOC2C)c1. The van der Waals surface area contributed by atoms with Crippen LogP contribution in [0.2, 0.25) is 0 Å². The second-order valence-corrected chi connectivity index (χ2v) is 4.42. The topological polar surface area (TPSA) is 48.0 Å². The van der Waals surface area contributed by atoms with E-state index in [0.29, 0.717) is 30.2 Å². The Morgan fingerprint density at radius 3 is 2.42 bits per heavy atom. The van der Waals surface area contributed by atoms with E-state index in [1.54, 1.807) is 37.3 Å². The Morgan fingerprint density at radius 1 is 1.26 bits per heavy atom. The third kappa shape index (κ3) is 2.98. The molecule has 0 radical (unpaired) electrons. The van der Waals surface area contributed by atoms with Crippen LogP contribution in [0.3, 0.4) is 0 Å². The van der Waals surface area contributed by atoms with E-state index in [2.05, 4.69) is 0 Å². The summed E-state index contributed by atoms with van der Waals surface area (Å²) in [6, 6.07) is 5.17. The van der Waals surface area contributed by atoms with Gasteiger partial charge in [-0.1, -0.05) is 0 Å². The molecule has 0 spiro atoms. The molecule has 2 rings (SSSR count). The molecule has 1 unspecified atom stereocenters. The van der Waals surface area contributed by atoms with Crippen molar-refractivity contribution >= 4 is 5.91 Å². The van der Waals surface area contributed by atoms with E-state index < -0.39 is 0 Å². The summed E-state index contributed by atoms with van der Waals surface area (Å²) < 4.78 is 15.8. The highest BCUT2D eigenvalue weighted by molar-refractivity contribution is 5.95. The number of methoxy groups -OCH3 is 2. The summed E-state index contributed by atoms with van der Waals surface area (Å²) in [5.41, 5.74) is 0.550. The lowest BCUT2D eigenvalue weighted by atomic mass is 10.1. The van der Waals surface area contributed by atoms with Gasteiger partial charge in [-0.05, 0) is 25.5 Å². The maximum Gasteiger partial charge on any atom is 0.256 e. The molecule has 1 amide bonds. The summed E-state index contributed by atoms with van der Waals surface area (Å²) in [7, 11) is 3.13. The van der Waals surface area contributed by atoms with Crippen LogP contribution in [0.15, 0.2) is 18.2 Å². The normalized spacial score (nSPS) is 19.1. The van der Waals surface area contributed by atoms with Crippen LogP contribution in [0.4, 0.5) is 0 Å². The van der Waals surface area contributed by atoms with E-state index in [9.17, 15) is 4.79 Å². The number of hydrogen-bond acceptors (Lipinski definition) is 4. The fourth-order valence-corrected chi connectivity index (χ4v) is 2.12. The maximum atomic E-state index is 12.5. The van der Waals surface area contributed by atoms with Crippen LogP contribution in [0, 0.1) is 0 Å².